The molecule has 4 heteroatoms. The van der Waals surface area contributed by atoms with E-state index in [1.165, 1.54) is 50.0 Å². The molecule has 1 aromatic rings. The maximum Gasteiger partial charge on any atom is 0.119 e. The van der Waals surface area contributed by atoms with Crippen molar-refractivity contribution in [3.05, 3.63) is 23.8 Å². The molecule has 0 aromatic heterocycles. The molecule has 4 heterocycles. The van der Waals surface area contributed by atoms with Gasteiger partial charge >= 0.3 is 0 Å². The molecule has 4 fully saturated rings. The fourth-order valence-electron chi connectivity index (χ4n) is 6.34. The summed E-state index contributed by atoms with van der Waals surface area (Å²) in [5.41, 5.74) is 2.87. The summed E-state index contributed by atoms with van der Waals surface area (Å²) in [5.74, 6) is 4.37. The molecule has 3 saturated heterocycles. The molecule has 0 spiro atoms. The SMILES string of the molecule is CC[C@@H]1C[C@H]2C[C@@H]3C4Nc5ccc(OC)cc5C4CCN(C2)[C@H]13.Cl. The summed E-state index contributed by atoms with van der Waals surface area (Å²) in [6, 6.07) is 8.09. The summed E-state index contributed by atoms with van der Waals surface area (Å²) >= 11 is 0. The van der Waals surface area contributed by atoms with Crippen molar-refractivity contribution in [2.24, 2.45) is 17.8 Å². The Morgan fingerprint density at radius 3 is 2.96 bits per heavy atom. The van der Waals surface area contributed by atoms with Crippen molar-refractivity contribution < 1.29 is 4.74 Å². The number of hydrogen-bond donors (Lipinski definition) is 1. The highest BCUT2D eigenvalue weighted by molar-refractivity contribution is 5.85. The van der Waals surface area contributed by atoms with Crippen molar-refractivity contribution in [2.75, 3.05) is 25.5 Å². The first-order chi connectivity index (χ1) is 11.3. The summed E-state index contributed by atoms with van der Waals surface area (Å²) in [5, 5.41) is 3.93. The molecule has 3 unspecified atom stereocenters. The van der Waals surface area contributed by atoms with Gasteiger partial charge in [-0.25, -0.2) is 0 Å². The van der Waals surface area contributed by atoms with Gasteiger partial charge in [0.1, 0.15) is 5.75 Å². The van der Waals surface area contributed by atoms with E-state index in [4.69, 9.17) is 4.74 Å². The molecule has 1 N–H and O–H groups in total. The summed E-state index contributed by atoms with van der Waals surface area (Å²) in [6.07, 6.45) is 5.57. The molecule has 0 radical (unpaired) electrons. The van der Waals surface area contributed by atoms with Gasteiger partial charge in [-0.15, -0.1) is 12.4 Å². The van der Waals surface area contributed by atoms with Gasteiger partial charge in [0.05, 0.1) is 7.11 Å². The molecule has 6 rings (SSSR count). The van der Waals surface area contributed by atoms with Crippen LogP contribution in [0.25, 0.3) is 0 Å². The fraction of sp³-hybridized carbons (Fsp3) is 0.700. The Morgan fingerprint density at radius 1 is 1.29 bits per heavy atom. The van der Waals surface area contributed by atoms with E-state index < -0.39 is 0 Å². The minimum absolute atomic E-state index is 0. The molecule has 132 valence electrons. The molecule has 4 aliphatic heterocycles. The van der Waals surface area contributed by atoms with Crippen molar-refractivity contribution in [3.8, 4) is 5.75 Å². The van der Waals surface area contributed by atoms with Crippen LogP contribution < -0.4 is 10.1 Å². The molecular weight excluding hydrogens is 320 g/mol. The summed E-state index contributed by atoms with van der Waals surface area (Å²) < 4.78 is 5.48. The van der Waals surface area contributed by atoms with Crippen LogP contribution >= 0.6 is 12.4 Å². The molecule has 3 nitrogen and oxygen atoms in total. The third kappa shape index (κ3) is 2.28. The number of halogens is 1. The van der Waals surface area contributed by atoms with Gasteiger partial charge < -0.3 is 10.1 Å². The van der Waals surface area contributed by atoms with Gasteiger partial charge in [0, 0.05) is 30.2 Å². The lowest BCUT2D eigenvalue weighted by molar-refractivity contribution is -0.0383. The van der Waals surface area contributed by atoms with Crippen molar-refractivity contribution in [1.29, 1.82) is 0 Å². The minimum atomic E-state index is 0. The number of nitrogens with one attached hydrogen (secondary N) is 1. The summed E-state index contributed by atoms with van der Waals surface area (Å²) in [4.78, 5) is 2.86. The number of rotatable bonds is 2. The van der Waals surface area contributed by atoms with Crippen molar-refractivity contribution in [3.63, 3.8) is 0 Å². The zero-order chi connectivity index (χ0) is 15.6. The van der Waals surface area contributed by atoms with Gasteiger partial charge in [-0.05, 0) is 67.3 Å². The number of ether oxygens (including phenoxy) is 1. The Hall–Kier alpha value is -0.930. The van der Waals surface area contributed by atoms with Gasteiger partial charge in [-0.1, -0.05) is 13.3 Å². The zero-order valence-electron chi connectivity index (χ0n) is 14.7. The summed E-state index contributed by atoms with van der Waals surface area (Å²) in [6.45, 7) is 5.05. The van der Waals surface area contributed by atoms with E-state index in [2.05, 4.69) is 35.3 Å². The molecule has 7 atom stereocenters. The fourth-order valence-corrected chi connectivity index (χ4v) is 6.34. The zero-order valence-corrected chi connectivity index (χ0v) is 15.5. The third-order valence-corrected chi connectivity index (χ3v) is 7.20. The van der Waals surface area contributed by atoms with E-state index in [0.717, 1.165) is 29.5 Å². The number of hydrogen-bond acceptors (Lipinski definition) is 3. The van der Waals surface area contributed by atoms with Gasteiger partial charge in [0.25, 0.3) is 0 Å². The van der Waals surface area contributed by atoms with Crippen molar-refractivity contribution >= 4 is 18.1 Å². The van der Waals surface area contributed by atoms with Crippen LogP contribution in [0.2, 0.25) is 0 Å². The van der Waals surface area contributed by atoms with Crippen LogP contribution in [-0.2, 0) is 0 Å². The third-order valence-electron chi connectivity index (χ3n) is 7.20. The topological polar surface area (TPSA) is 24.5 Å². The van der Waals surface area contributed by atoms with Crippen LogP contribution in [0.5, 0.6) is 5.75 Å². The first kappa shape index (κ1) is 16.5. The first-order valence-corrected chi connectivity index (χ1v) is 9.47. The van der Waals surface area contributed by atoms with Crippen LogP contribution in [0, 0.1) is 17.8 Å². The van der Waals surface area contributed by atoms with E-state index in [1.54, 1.807) is 7.11 Å². The predicted octanol–water partition coefficient (Wildman–Crippen LogP) is 4.14. The van der Waals surface area contributed by atoms with Gasteiger partial charge in [-0.2, -0.15) is 0 Å². The number of piperidine rings is 2. The Kier molecular flexibility index (Phi) is 4.20. The molecule has 24 heavy (non-hydrogen) atoms. The number of nitrogens with zero attached hydrogens (tertiary/aromatic N) is 1. The van der Waals surface area contributed by atoms with Gasteiger partial charge in [-0.3, -0.25) is 4.90 Å². The molecule has 1 aromatic carbocycles. The second-order valence-corrected chi connectivity index (χ2v) is 8.17. The number of benzene rings is 1. The maximum absolute atomic E-state index is 5.48. The number of fused-ring (bicyclic) bond motifs is 4. The molecule has 0 amide bonds. The van der Waals surface area contributed by atoms with Gasteiger partial charge in [0.2, 0.25) is 0 Å². The standard InChI is InChI=1S/C20H28N2O.ClH/c1-3-13-8-12-9-17-19-15(6-7-22(11-12)20(13)17)16-10-14(23-2)4-5-18(16)21-19;/h4-5,10,12-13,15,17,19-21H,3,6-9,11H2,1-2H3;1H/t12-,13+,15?,17+,19?,20+;/m0./s1. The lowest BCUT2D eigenvalue weighted by Gasteiger charge is -2.54. The monoisotopic (exact) mass is 348 g/mol. The van der Waals surface area contributed by atoms with Crippen LogP contribution in [0.15, 0.2) is 18.2 Å². The molecule has 4 bridgehead atoms. The normalized spacial score (nSPS) is 41.5. The highest BCUT2D eigenvalue weighted by Gasteiger charge is 2.53. The highest BCUT2D eigenvalue weighted by Crippen LogP contribution is 2.53. The highest BCUT2D eigenvalue weighted by atomic mass is 35.5. The van der Waals surface area contributed by atoms with Crippen LogP contribution in [0.3, 0.4) is 0 Å². The van der Waals surface area contributed by atoms with E-state index in [0.29, 0.717) is 12.0 Å². The largest absolute Gasteiger partial charge is 0.497 e. The molecule has 1 saturated carbocycles. The van der Waals surface area contributed by atoms with E-state index in [1.807, 2.05) is 0 Å². The lowest BCUT2D eigenvalue weighted by Crippen LogP contribution is -2.59. The first-order valence-electron chi connectivity index (χ1n) is 9.47. The Morgan fingerprint density at radius 2 is 2.17 bits per heavy atom. The minimum Gasteiger partial charge on any atom is -0.497 e. The lowest BCUT2D eigenvalue weighted by atomic mass is 9.63. The average Bonchev–Trinajstić information content (AvgIpc) is 2.92. The molecular formula is C20H29ClN2O. The maximum atomic E-state index is 5.48. The smallest absolute Gasteiger partial charge is 0.119 e. The second-order valence-electron chi connectivity index (χ2n) is 8.17. The average molecular weight is 349 g/mol. The van der Waals surface area contributed by atoms with Crippen LogP contribution in [-0.4, -0.2) is 37.2 Å². The number of methoxy groups -OCH3 is 1. The van der Waals surface area contributed by atoms with E-state index >= 15 is 0 Å². The number of anilines is 1. The van der Waals surface area contributed by atoms with Crippen molar-refractivity contribution in [1.82, 2.24) is 4.90 Å². The molecule has 1 aliphatic carbocycles. The molecule has 5 aliphatic rings. The Labute approximate surface area is 151 Å². The quantitative estimate of drug-likeness (QED) is 0.869. The summed E-state index contributed by atoms with van der Waals surface area (Å²) in [7, 11) is 1.78. The van der Waals surface area contributed by atoms with Crippen LogP contribution in [0.1, 0.15) is 44.1 Å². The predicted molar refractivity (Wildman–Crippen MR) is 100 cm³/mol. The Bertz CT molecular complexity index is 622. The Balaban J connectivity index is 0.00000146. The second kappa shape index (κ2) is 6.10. The van der Waals surface area contributed by atoms with E-state index in [-0.39, 0.29) is 12.4 Å². The van der Waals surface area contributed by atoms with E-state index in [9.17, 15) is 0 Å². The van der Waals surface area contributed by atoms with Crippen LogP contribution in [0.4, 0.5) is 5.69 Å². The van der Waals surface area contributed by atoms with Gasteiger partial charge in [0.15, 0.2) is 0 Å². The van der Waals surface area contributed by atoms with Crippen molar-refractivity contribution in [2.45, 2.75) is 50.6 Å².